The third-order valence-corrected chi connectivity index (χ3v) is 4.58. The first-order valence-corrected chi connectivity index (χ1v) is 7.92. The first-order valence-electron chi connectivity index (χ1n) is 7.92. The van der Waals surface area contributed by atoms with Crippen LogP contribution in [0.2, 0.25) is 0 Å². The summed E-state index contributed by atoms with van der Waals surface area (Å²) in [6.07, 6.45) is 0. The molecule has 0 bridgehead atoms. The zero-order chi connectivity index (χ0) is 17.2. The quantitative estimate of drug-likeness (QED) is 0.374. The maximum atomic E-state index is 12.7. The predicted molar refractivity (Wildman–Crippen MR) is 93.9 cm³/mol. The molecule has 1 aliphatic carbocycles. The maximum absolute atomic E-state index is 12.7. The normalized spacial score (nSPS) is 14.0. The monoisotopic (exact) mass is 316 g/mol. The average Bonchev–Trinajstić information content (AvgIpc) is 2.80. The zero-order valence-electron chi connectivity index (χ0n) is 13.8. The molecule has 0 aromatic heterocycles. The van der Waals surface area contributed by atoms with Crippen LogP contribution in [0.15, 0.2) is 42.5 Å². The number of carbonyl (C=O) groups excluding carboxylic acids is 3. The smallest absolute Gasteiger partial charge is 0.234 e. The molecule has 3 aromatic rings. The minimum atomic E-state index is -0.550. The molecule has 0 atom stereocenters. The highest BCUT2D eigenvalue weighted by Crippen LogP contribution is 2.38. The summed E-state index contributed by atoms with van der Waals surface area (Å²) < 4.78 is 0. The largest absolute Gasteiger partial charge is 0.294 e. The first kappa shape index (κ1) is 14.8. The number of hydrogen-bond donors (Lipinski definition) is 0. The second kappa shape index (κ2) is 4.60. The number of fused-ring (bicyclic) bond motifs is 2. The van der Waals surface area contributed by atoms with Crippen molar-refractivity contribution >= 4 is 38.9 Å². The fourth-order valence-corrected chi connectivity index (χ4v) is 3.42. The Bertz CT molecular complexity index is 1080. The molecule has 3 heteroatoms. The van der Waals surface area contributed by atoms with Crippen LogP contribution in [0.5, 0.6) is 0 Å². The van der Waals surface area contributed by atoms with Crippen LogP contribution in [-0.2, 0) is 0 Å². The van der Waals surface area contributed by atoms with Crippen LogP contribution in [0.1, 0.15) is 51.8 Å². The van der Waals surface area contributed by atoms with Crippen LogP contribution in [0.4, 0.5) is 0 Å². The van der Waals surface area contributed by atoms with Crippen LogP contribution in [0, 0.1) is 5.41 Å². The molecule has 1 aliphatic rings. The second-order valence-electron chi connectivity index (χ2n) is 7.33. The number of benzene rings is 3. The van der Waals surface area contributed by atoms with Crippen molar-refractivity contribution in [2.24, 2.45) is 5.41 Å². The molecule has 0 amide bonds. The van der Waals surface area contributed by atoms with Crippen molar-refractivity contribution in [3.05, 3.63) is 59.2 Å². The lowest BCUT2D eigenvalue weighted by Crippen LogP contribution is -2.20. The minimum Gasteiger partial charge on any atom is -0.294 e. The summed E-state index contributed by atoms with van der Waals surface area (Å²) in [5.74, 6) is -1.04. The van der Waals surface area contributed by atoms with Crippen molar-refractivity contribution in [2.75, 3.05) is 0 Å². The van der Waals surface area contributed by atoms with Gasteiger partial charge in [-0.15, -0.1) is 0 Å². The summed E-state index contributed by atoms with van der Waals surface area (Å²) in [6.45, 7) is 5.53. The lowest BCUT2D eigenvalue weighted by Gasteiger charge is -2.17. The molecule has 0 unspecified atom stereocenters. The Labute approximate surface area is 139 Å². The van der Waals surface area contributed by atoms with Gasteiger partial charge in [0.15, 0.2) is 5.78 Å². The van der Waals surface area contributed by atoms with Gasteiger partial charge in [0.2, 0.25) is 11.6 Å². The molecule has 0 heterocycles. The van der Waals surface area contributed by atoms with Crippen molar-refractivity contribution in [2.45, 2.75) is 20.8 Å². The van der Waals surface area contributed by atoms with Gasteiger partial charge >= 0.3 is 0 Å². The van der Waals surface area contributed by atoms with Crippen molar-refractivity contribution in [1.82, 2.24) is 0 Å². The van der Waals surface area contributed by atoms with Crippen molar-refractivity contribution in [3.8, 4) is 0 Å². The standard InChI is InChI=1S/C21H16O3/c1-21(2,3)20(24)13-9-12-8-11-6-4-5-7-14(11)17-16(12)15(10-13)18(22)19(17)23/h4-10H,1-3H3. The van der Waals surface area contributed by atoms with E-state index in [4.69, 9.17) is 0 Å². The van der Waals surface area contributed by atoms with E-state index in [9.17, 15) is 14.4 Å². The molecule has 118 valence electrons. The van der Waals surface area contributed by atoms with Crippen molar-refractivity contribution < 1.29 is 14.4 Å². The molecule has 0 N–H and O–H groups in total. The summed E-state index contributed by atoms with van der Waals surface area (Å²) in [5.41, 5.74) is 0.754. The average molecular weight is 316 g/mol. The SMILES string of the molecule is CC(C)(C)C(=O)c1cc2c3c(c4ccccc4cc3c1)C(=O)C2=O. The second-order valence-corrected chi connectivity index (χ2v) is 7.33. The molecule has 4 rings (SSSR count). The molecule has 0 spiro atoms. The van der Waals surface area contributed by atoms with E-state index in [2.05, 4.69) is 0 Å². The summed E-state index contributed by atoms with van der Waals surface area (Å²) in [4.78, 5) is 37.7. The van der Waals surface area contributed by atoms with E-state index in [0.717, 1.165) is 16.2 Å². The maximum Gasteiger partial charge on any atom is 0.234 e. The summed E-state index contributed by atoms with van der Waals surface area (Å²) in [7, 11) is 0. The Hall–Kier alpha value is -2.81. The van der Waals surface area contributed by atoms with Crippen molar-refractivity contribution in [1.29, 1.82) is 0 Å². The Kier molecular flexibility index (Phi) is 2.83. The topological polar surface area (TPSA) is 51.2 Å². The summed E-state index contributed by atoms with van der Waals surface area (Å²) in [6, 6.07) is 12.9. The number of hydrogen-bond acceptors (Lipinski definition) is 3. The van der Waals surface area contributed by atoms with E-state index in [0.29, 0.717) is 22.1 Å². The highest BCUT2D eigenvalue weighted by Gasteiger charge is 2.34. The third kappa shape index (κ3) is 1.88. The van der Waals surface area contributed by atoms with Crippen LogP contribution >= 0.6 is 0 Å². The van der Waals surface area contributed by atoms with E-state index >= 15 is 0 Å². The molecule has 0 fully saturated rings. The molecule has 24 heavy (non-hydrogen) atoms. The molecular formula is C21H16O3. The molecule has 3 aromatic carbocycles. The van der Waals surface area contributed by atoms with Gasteiger partial charge < -0.3 is 0 Å². The Morgan fingerprint density at radius 1 is 0.875 bits per heavy atom. The van der Waals surface area contributed by atoms with Crippen molar-refractivity contribution in [3.63, 3.8) is 0 Å². The molecule has 0 saturated carbocycles. The molecular weight excluding hydrogens is 300 g/mol. The Balaban J connectivity index is 2.15. The predicted octanol–water partition coefficient (Wildman–Crippen LogP) is 4.60. The van der Waals surface area contributed by atoms with Crippen LogP contribution < -0.4 is 0 Å². The molecule has 0 aliphatic heterocycles. The van der Waals surface area contributed by atoms with Gasteiger partial charge in [0.25, 0.3) is 0 Å². The summed E-state index contributed by atoms with van der Waals surface area (Å²) in [5, 5.41) is 3.13. The van der Waals surface area contributed by atoms with E-state index in [1.807, 2.05) is 51.1 Å². The Morgan fingerprint density at radius 3 is 2.29 bits per heavy atom. The van der Waals surface area contributed by atoms with Gasteiger partial charge in [-0.25, -0.2) is 0 Å². The van der Waals surface area contributed by atoms with Crippen LogP contribution in [0.3, 0.4) is 0 Å². The summed E-state index contributed by atoms with van der Waals surface area (Å²) >= 11 is 0. The van der Waals surface area contributed by atoms with Crippen LogP contribution in [-0.4, -0.2) is 17.3 Å². The lowest BCUT2D eigenvalue weighted by molar-refractivity contribution is 0.0825. The molecule has 0 saturated heterocycles. The highest BCUT2D eigenvalue weighted by atomic mass is 16.2. The van der Waals surface area contributed by atoms with Crippen LogP contribution in [0.25, 0.3) is 21.5 Å². The number of carbonyl (C=O) groups is 3. The Morgan fingerprint density at radius 2 is 1.58 bits per heavy atom. The number of Topliss-reactive ketones (excluding diaryl/α,β-unsaturated/α-hetero) is 3. The van der Waals surface area contributed by atoms with E-state index in [1.165, 1.54) is 0 Å². The van der Waals surface area contributed by atoms with Gasteiger partial charge in [-0.1, -0.05) is 45.0 Å². The molecule has 0 radical (unpaired) electrons. The zero-order valence-corrected chi connectivity index (χ0v) is 13.8. The van der Waals surface area contributed by atoms with Gasteiger partial charge in [0, 0.05) is 27.5 Å². The fraction of sp³-hybridized carbons (Fsp3) is 0.190. The van der Waals surface area contributed by atoms with E-state index in [-0.39, 0.29) is 5.78 Å². The number of rotatable bonds is 1. The first-order chi connectivity index (χ1) is 11.3. The van der Waals surface area contributed by atoms with E-state index in [1.54, 1.807) is 12.1 Å². The number of ketones is 3. The highest BCUT2D eigenvalue weighted by molar-refractivity contribution is 6.59. The minimum absolute atomic E-state index is 0.0393. The lowest BCUT2D eigenvalue weighted by atomic mass is 9.85. The van der Waals surface area contributed by atoms with Gasteiger partial charge in [-0.2, -0.15) is 0 Å². The molecule has 3 nitrogen and oxygen atoms in total. The van der Waals surface area contributed by atoms with Gasteiger partial charge in [0.05, 0.1) is 0 Å². The van der Waals surface area contributed by atoms with E-state index < -0.39 is 17.0 Å². The fourth-order valence-electron chi connectivity index (χ4n) is 3.42. The van der Waals surface area contributed by atoms with Gasteiger partial charge in [-0.05, 0) is 34.4 Å². The van der Waals surface area contributed by atoms with Gasteiger partial charge in [0.1, 0.15) is 0 Å². The third-order valence-electron chi connectivity index (χ3n) is 4.58. The van der Waals surface area contributed by atoms with Gasteiger partial charge in [-0.3, -0.25) is 14.4 Å².